The van der Waals surface area contributed by atoms with E-state index in [0.717, 1.165) is 0 Å². The first-order valence-corrected chi connectivity index (χ1v) is 4.97. The molecule has 11 heavy (non-hydrogen) atoms. The van der Waals surface area contributed by atoms with E-state index >= 15 is 0 Å². The van der Waals surface area contributed by atoms with E-state index in [-0.39, 0.29) is 0 Å². The summed E-state index contributed by atoms with van der Waals surface area (Å²) in [5, 5.41) is 0. The van der Waals surface area contributed by atoms with Crippen molar-refractivity contribution in [2.24, 2.45) is 0 Å². The minimum Gasteiger partial charge on any atom is -0.0999 e. The van der Waals surface area contributed by atoms with Gasteiger partial charge in [-0.25, -0.2) is 0 Å². The molecule has 0 aromatic carbocycles. The van der Waals surface area contributed by atoms with Crippen LogP contribution in [0, 0.1) is 0 Å². The molecule has 0 radical (unpaired) electrons. The Morgan fingerprint density at radius 2 is 1.36 bits per heavy atom. The van der Waals surface area contributed by atoms with Gasteiger partial charge in [-0.2, -0.15) is 0 Å². The summed E-state index contributed by atoms with van der Waals surface area (Å²) < 4.78 is 0. The molecular formula is C11H24. The van der Waals surface area contributed by atoms with Crippen molar-refractivity contribution in [3.63, 3.8) is 0 Å². The number of rotatable bonds is 0. The molecule has 0 atom stereocenters. The van der Waals surface area contributed by atoms with Gasteiger partial charge in [0.1, 0.15) is 0 Å². The zero-order valence-electron chi connectivity index (χ0n) is 8.74. The Kier molecular flexibility index (Phi) is 15.1. The van der Waals surface area contributed by atoms with Crippen LogP contribution < -0.4 is 0 Å². The van der Waals surface area contributed by atoms with Crippen LogP contribution in [0.1, 0.15) is 59.8 Å². The fraction of sp³-hybridized carbons (Fsp3) is 0.818. The van der Waals surface area contributed by atoms with Crippen molar-refractivity contribution in [1.29, 1.82) is 0 Å². The fourth-order valence-corrected chi connectivity index (χ4v) is 0.875. The predicted molar refractivity (Wildman–Crippen MR) is 54.9 cm³/mol. The zero-order valence-corrected chi connectivity index (χ0v) is 8.74. The predicted octanol–water partition coefficient (Wildman–Crippen LogP) is 4.56. The average Bonchev–Trinajstić information content (AvgIpc) is 2.46. The van der Waals surface area contributed by atoms with E-state index in [0.29, 0.717) is 0 Å². The van der Waals surface area contributed by atoms with Gasteiger partial charge in [-0.1, -0.05) is 46.3 Å². The number of hydrogen-bond acceptors (Lipinski definition) is 0. The lowest BCUT2D eigenvalue weighted by molar-refractivity contribution is 0.886. The molecule has 1 aliphatic carbocycles. The lowest BCUT2D eigenvalue weighted by atomic mass is 10.3. The van der Waals surface area contributed by atoms with Crippen molar-refractivity contribution >= 4 is 0 Å². The summed E-state index contributed by atoms with van der Waals surface area (Å²) in [6.45, 7) is 12.1. The lowest BCUT2D eigenvalue weighted by Crippen LogP contribution is -1.59. The molecule has 0 nitrogen and oxygen atoms in total. The molecule has 1 rings (SSSR count). The third-order valence-electron chi connectivity index (χ3n) is 1.31. The second kappa shape index (κ2) is 12.4. The van der Waals surface area contributed by atoms with Gasteiger partial charge in [-0.15, -0.1) is 0 Å². The molecule has 0 spiro atoms. The Morgan fingerprint density at radius 1 is 1.09 bits per heavy atom. The van der Waals surface area contributed by atoms with Gasteiger partial charge in [0.25, 0.3) is 0 Å². The van der Waals surface area contributed by atoms with Gasteiger partial charge >= 0.3 is 0 Å². The van der Waals surface area contributed by atoms with E-state index < -0.39 is 0 Å². The lowest BCUT2D eigenvalue weighted by Gasteiger charge is -1.80. The molecule has 0 aromatic heterocycles. The first-order chi connectivity index (χ1) is 5.31. The van der Waals surface area contributed by atoms with Crippen molar-refractivity contribution in [3.8, 4) is 0 Å². The Bertz CT molecular complexity index is 64.1. The third-order valence-corrected chi connectivity index (χ3v) is 1.31. The van der Waals surface area contributed by atoms with Crippen LogP contribution in [-0.2, 0) is 0 Å². The van der Waals surface area contributed by atoms with Gasteiger partial charge < -0.3 is 0 Å². The van der Waals surface area contributed by atoms with Crippen molar-refractivity contribution in [2.45, 2.75) is 59.8 Å². The quantitative estimate of drug-likeness (QED) is 0.451. The van der Waals surface area contributed by atoms with E-state index in [2.05, 4.69) is 20.4 Å². The molecular weight excluding hydrogens is 132 g/mol. The monoisotopic (exact) mass is 156 g/mol. The van der Waals surface area contributed by atoms with E-state index in [9.17, 15) is 0 Å². The highest BCUT2D eigenvalue weighted by molar-refractivity contribution is 4.98. The summed E-state index contributed by atoms with van der Waals surface area (Å²) >= 11 is 0. The number of allylic oxidation sites excluding steroid dienone is 1. The SMILES string of the molecule is C=C1CCCC1.CC.CCC. The Hall–Kier alpha value is -0.260. The van der Waals surface area contributed by atoms with Crippen molar-refractivity contribution < 1.29 is 0 Å². The molecule has 0 aromatic rings. The van der Waals surface area contributed by atoms with Crippen LogP contribution in [-0.4, -0.2) is 0 Å². The Balaban J connectivity index is 0. The van der Waals surface area contributed by atoms with Crippen molar-refractivity contribution in [1.82, 2.24) is 0 Å². The fourth-order valence-electron chi connectivity index (χ4n) is 0.875. The molecule has 1 saturated carbocycles. The van der Waals surface area contributed by atoms with Crippen LogP contribution >= 0.6 is 0 Å². The number of hydrogen-bond donors (Lipinski definition) is 0. The first-order valence-electron chi connectivity index (χ1n) is 4.97. The van der Waals surface area contributed by atoms with Gasteiger partial charge in [0.2, 0.25) is 0 Å². The first kappa shape index (κ1) is 13.3. The van der Waals surface area contributed by atoms with E-state index in [4.69, 9.17) is 0 Å². The van der Waals surface area contributed by atoms with E-state index in [1.807, 2.05) is 13.8 Å². The van der Waals surface area contributed by atoms with E-state index in [1.165, 1.54) is 37.7 Å². The standard InChI is InChI=1S/C6H10.C3H8.C2H6/c1-6-4-2-3-5-6;1-3-2;1-2/h1-5H2;3H2,1-2H3;1-2H3. The van der Waals surface area contributed by atoms with Crippen LogP contribution in [0.3, 0.4) is 0 Å². The third kappa shape index (κ3) is 12.8. The minimum atomic E-state index is 1.25. The summed E-state index contributed by atoms with van der Waals surface area (Å²) in [7, 11) is 0. The largest absolute Gasteiger partial charge is 0.0999 e. The maximum atomic E-state index is 3.85. The van der Waals surface area contributed by atoms with Crippen LogP contribution in [0.15, 0.2) is 12.2 Å². The van der Waals surface area contributed by atoms with Gasteiger partial charge in [-0.05, 0) is 25.7 Å². The van der Waals surface area contributed by atoms with Crippen molar-refractivity contribution in [2.75, 3.05) is 0 Å². The average molecular weight is 156 g/mol. The highest BCUT2D eigenvalue weighted by atomic mass is 14.1. The molecule has 0 bridgehead atoms. The second-order valence-electron chi connectivity index (χ2n) is 2.66. The summed E-state index contributed by atoms with van der Waals surface area (Å²) in [6.07, 6.45) is 6.61. The maximum absolute atomic E-state index is 3.85. The maximum Gasteiger partial charge on any atom is -0.0323 e. The molecule has 0 heterocycles. The molecule has 0 unspecified atom stereocenters. The minimum absolute atomic E-state index is 1.25. The second-order valence-corrected chi connectivity index (χ2v) is 2.66. The smallest absolute Gasteiger partial charge is 0.0323 e. The van der Waals surface area contributed by atoms with Crippen LogP contribution in [0.25, 0.3) is 0 Å². The molecule has 68 valence electrons. The summed E-state index contributed by atoms with van der Waals surface area (Å²) in [6, 6.07) is 0. The highest BCUT2D eigenvalue weighted by Crippen LogP contribution is 2.20. The van der Waals surface area contributed by atoms with Gasteiger partial charge in [-0.3, -0.25) is 0 Å². The Morgan fingerprint density at radius 3 is 1.45 bits per heavy atom. The van der Waals surface area contributed by atoms with Gasteiger partial charge in [0.15, 0.2) is 0 Å². The van der Waals surface area contributed by atoms with Gasteiger partial charge in [0.05, 0.1) is 0 Å². The summed E-state index contributed by atoms with van der Waals surface area (Å²) in [5.74, 6) is 0. The van der Waals surface area contributed by atoms with Crippen LogP contribution in [0.4, 0.5) is 0 Å². The van der Waals surface area contributed by atoms with Crippen LogP contribution in [0.2, 0.25) is 0 Å². The molecule has 0 N–H and O–H groups in total. The normalized spacial score (nSPS) is 14.4. The van der Waals surface area contributed by atoms with Gasteiger partial charge in [0, 0.05) is 0 Å². The molecule has 0 amide bonds. The summed E-state index contributed by atoms with van der Waals surface area (Å²) in [5.41, 5.74) is 1.45. The Labute approximate surface area is 72.7 Å². The van der Waals surface area contributed by atoms with E-state index in [1.54, 1.807) is 0 Å². The topological polar surface area (TPSA) is 0 Å². The molecule has 1 aliphatic rings. The zero-order chi connectivity index (χ0) is 9.11. The molecule has 0 saturated heterocycles. The van der Waals surface area contributed by atoms with Crippen LogP contribution in [0.5, 0.6) is 0 Å². The highest BCUT2D eigenvalue weighted by Gasteiger charge is 2.01. The molecule has 1 fully saturated rings. The molecule has 0 heteroatoms. The summed E-state index contributed by atoms with van der Waals surface area (Å²) in [4.78, 5) is 0. The molecule has 0 aliphatic heterocycles. The van der Waals surface area contributed by atoms with Crippen molar-refractivity contribution in [3.05, 3.63) is 12.2 Å².